The second kappa shape index (κ2) is 11.3. The van der Waals surface area contributed by atoms with E-state index in [0.717, 1.165) is 21.2 Å². The van der Waals surface area contributed by atoms with Gasteiger partial charge in [0.2, 0.25) is 0 Å². The Bertz CT molecular complexity index is 1050. The number of hydrogen-bond acceptors (Lipinski definition) is 3. The van der Waals surface area contributed by atoms with E-state index in [0.29, 0.717) is 34.1 Å². The minimum absolute atomic E-state index is 0.308. The Morgan fingerprint density at radius 2 is 1.87 bits per heavy atom. The van der Waals surface area contributed by atoms with Crippen LogP contribution in [0.5, 0.6) is 5.75 Å². The quantitative estimate of drug-likeness (QED) is 0.216. The summed E-state index contributed by atoms with van der Waals surface area (Å²) in [5, 5.41) is 8.90. The highest BCUT2D eigenvalue weighted by Crippen LogP contribution is 2.25. The van der Waals surface area contributed by atoms with Crippen LogP contribution in [0.15, 0.2) is 76.3 Å². The molecule has 3 aromatic carbocycles. The summed E-state index contributed by atoms with van der Waals surface area (Å²) in [4.78, 5) is 0. The number of rotatable bonds is 7. The number of nitrogens with one attached hydrogen (secondary N) is 2. The monoisotopic (exact) mass is 521 g/mol. The van der Waals surface area contributed by atoms with Crippen LogP contribution < -0.4 is 15.5 Å². The Hall–Kier alpha value is -2.12. The average molecular weight is 523 g/mol. The molecule has 8 heteroatoms. The van der Waals surface area contributed by atoms with E-state index in [1.54, 1.807) is 18.3 Å². The summed E-state index contributed by atoms with van der Waals surface area (Å²) >= 11 is 20.9. The second-order valence-electron chi connectivity index (χ2n) is 6.24. The number of ether oxygens (including phenoxy) is 1. The molecule has 0 spiro atoms. The highest BCUT2D eigenvalue weighted by Gasteiger charge is 2.06. The molecule has 0 bridgehead atoms. The van der Waals surface area contributed by atoms with Crippen molar-refractivity contribution >= 4 is 62.7 Å². The van der Waals surface area contributed by atoms with Crippen LogP contribution in [0.4, 0.5) is 0 Å². The SMILES string of the molecule is S=C(NCc1ccccc1)N/N=C\c1cc(Br)ccc1OCc1ccc(Cl)cc1Cl. The molecule has 0 amide bonds. The van der Waals surface area contributed by atoms with E-state index in [2.05, 4.69) is 31.8 Å². The fourth-order valence-corrected chi connectivity index (χ4v) is 3.49. The molecule has 0 radical (unpaired) electrons. The predicted molar refractivity (Wildman–Crippen MR) is 132 cm³/mol. The molecule has 0 saturated carbocycles. The summed E-state index contributed by atoms with van der Waals surface area (Å²) in [5.41, 5.74) is 5.58. The Labute approximate surface area is 199 Å². The lowest BCUT2D eigenvalue weighted by atomic mass is 10.2. The van der Waals surface area contributed by atoms with Gasteiger partial charge in [-0.15, -0.1) is 0 Å². The van der Waals surface area contributed by atoms with Gasteiger partial charge in [0.25, 0.3) is 0 Å². The molecule has 3 aromatic rings. The molecule has 0 saturated heterocycles. The summed E-state index contributed by atoms with van der Waals surface area (Å²) in [6, 6.07) is 21.0. The zero-order valence-corrected chi connectivity index (χ0v) is 19.7. The summed E-state index contributed by atoms with van der Waals surface area (Å²) in [6.07, 6.45) is 1.65. The van der Waals surface area contributed by atoms with E-state index < -0.39 is 0 Å². The van der Waals surface area contributed by atoms with E-state index in [9.17, 15) is 0 Å². The van der Waals surface area contributed by atoms with Gasteiger partial charge in [-0.2, -0.15) is 5.10 Å². The lowest BCUT2D eigenvalue weighted by Crippen LogP contribution is -2.31. The summed E-state index contributed by atoms with van der Waals surface area (Å²) in [6.45, 7) is 0.929. The first-order valence-corrected chi connectivity index (χ1v) is 10.9. The van der Waals surface area contributed by atoms with E-state index in [4.69, 9.17) is 40.2 Å². The molecule has 0 heterocycles. The fourth-order valence-electron chi connectivity index (χ4n) is 2.52. The van der Waals surface area contributed by atoms with Crippen LogP contribution in [0.3, 0.4) is 0 Å². The highest BCUT2D eigenvalue weighted by molar-refractivity contribution is 9.10. The molecule has 0 unspecified atom stereocenters. The second-order valence-corrected chi connectivity index (χ2v) is 8.41. The van der Waals surface area contributed by atoms with Crippen molar-refractivity contribution in [3.8, 4) is 5.75 Å². The Balaban J connectivity index is 1.59. The average Bonchev–Trinajstić information content (AvgIpc) is 2.73. The first-order chi connectivity index (χ1) is 14.5. The molecule has 3 rings (SSSR count). The molecular weight excluding hydrogens is 505 g/mol. The van der Waals surface area contributed by atoms with E-state index in [1.165, 1.54) is 0 Å². The van der Waals surface area contributed by atoms with Crippen LogP contribution in [0.2, 0.25) is 10.0 Å². The Kier molecular flexibility index (Phi) is 8.51. The zero-order chi connectivity index (χ0) is 21.3. The zero-order valence-electron chi connectivity index (χ0n) is 15.7. The lowest BCUT2D eigenvalue weighted by molar-refractivity contribution is 0.306. The number of benzene rings is 3. The van der Waals surface area contributed by atoms with Crippen molar-refractivity contribution in [3.05, 3.63) is 97.9 Å². The van der Waals surface area contributed by atoms with Gasteiger partial charge < -0.3 is 10.1 Å². The maximum Gasteiger partial charge on any atom is 0.187 e. The van der Waals surface area contributed by atoms with Crippen molar-refractivity contribution in [2.24, 2.45) is 5.10 Å². The molecule has 4 nitrogen and oxygen atoms in total. The van der Waals surface area contributed by atoms with E-state index in [1.807, 2.05) is 54.6 Å². The standard InChI is InChI=1S/C22H18BrCl2N3OS/c23-18-7-9-21(29-14-16-6-8-19(24)11-20(16)25)17(10-18)13-27-28-22(30)26-12-15-4-2-1-3-5-15/h1-11,13H,12,14H2,(H2,26,28,30)/b27-13-. The molecule has 2 N–H and O–H groups in total. The highest BCUT2D eigenvalue weighted by atomic mass is 79.9. The van der Waals surface area contributed by atoms with Crippen LogP contribution >= 0.6 is 51.3 Å². The van der Waals surface area contributed by atoms with Crippen LogP contribution in [-0.2, 0) is 13.2 Å². The molecule has 154 valence electrons. The molecule has 0 atom stereocenters. The van der Waals surface area contributed by atoms with Crippen molar-refractivity contribution in [1.82, 2.24) is 10.7 Å². The number of thiocarbonyl (C=S) groups is 1. The number of halogens is 3. The first-order valence-electron chi connectivity index (χ1n) is 8.98. The summed E-state index contributed by atoms with van der Waals surface area (Å²) < 4.78 is 6.85. The van der Waals surface area contributed by atoms with Gasteiger partial charge in [-0.3, -0.25) is 5.43 Å². The third-order valence-electron chi connectivity index (χ3n) is 4.04. The Morgan fingerprint density at radius 1 is 1.07 bits per heavy atom. The molecule has 0 aliphatic heterocycles. The van der Waals surface area contributed by atoms with Gasteiger partial charge in [0.05, 0.1) is 6.21 Å². The van der Waals surface area contributed by atoms with Crippen molar-refractivity contribution in [3.63, 3.8) is 0 Å². The third kappa shape index (κ3) is 6.99. The smallest absolute Gasteiger partial charge is 0.187 e. The van der Waals surface area contributed by atoms with Gasteiger partial charge in [-0.05, 0) is 48.1 Å². The van der Waals surface area contributed by atoms with Crippen LogP contribution in [0, 0.1) is 0 Å². The maximum atomic E-state index is 6.22. The molecule has 0 aromatic heterocycles. The summed E-state index contributed by atoms with van der Waals surface area (Å²) in [7, 11) is 0. The van der Waals surface area contributed by atoms with Crippen molar-refractivity contribution in [2.75, 3.05) is 0 Å². The van der Waals surface area contributed by atoms with Gasteiger partial charge in [-0.25, -0.2) is 0 Å². The molecule has 0 fully saturated rings. The molecule has 0 aliphatic carbocycles. The minimum atomic E-state index is 0.308. The van der Waals surface area contributed by atoms with Gasteiger partial charge in [0.1, 0.15) is 12.4 Å². The topological polar surface area (TPSA) is 45.7 Å². The Morgan fingerprint density at radius 3 is 2.63 bits per heavy atom. The third-order valence-corrected chi connectivity index (χ3v) is 5.35. The minimum Gasteiger partial charge on any atom is -0.488 e. The van der Waals surface area contributed by atoms with E-state index in [-0.39, 0.29) is 0 Å². The fraction of sp³-hybridized carbons (Fsp3) is 0.0909. The maximum absolute atomic E-state index is 6.22. The van der Waals surface area contributed by atoms with Crippen LogP contribution in [-0.4, -0.2) is 11.3 Å². The van der Waals surface area contributed by atoms with Crippen molar-refractivity contribution < 1.29 is 4.74 Å². The van der Waals surface area contributed by atoms with Gasteiger partial charge in [0, 0.05) is 32.2 Å². The van der Waals surface area contributed by atoms with E-state index >= 15 is 0 Å². The van der Waals surface area contributed by atoms with Gasteiger partial charge in [-0.1, -0.05) is 75.5 Å². The van der Waals surface area contributed by atoms with Crippen molar-refractivity contribution in [2.45, 2.75) is 13.2 Å². The number of hydrazone groups is 1. The normalized spacial score (nSPS) is 10.8. The number of nitrogens with zero attached hydrogens (tertiary/aromatic N) is 1. The first kappa shape index (κ1) is 22.6. The molecular formula is C22H18BrCl2N3OS. The molecule has 0 aliphatic rings. The largest absolute Gasteiger partial charge is 0.488 e. The van der Waals surface area contributed by atoms with Gasteiger partial charge in [0.15, 0.2) is 5.11 Å². The van der Waals surface area contributed by atoms with Crippen LogP contribution in [0.1, 0.15) is 16.7 Å². The summed E-state index contributed by atoms with van der Waals surface area (Å²) in [5.74, 6) is 0.665. The van der Waals surface area contributed by atoms with Gasteiger partial charge >= 0.3 is 0 Å². The van der Waals surface area contributed by atoms with Crippen LogP contribution in [0.25, 0.3) is 0 Å². The van der Waals surface area contributed by atoms with Crippen molar-refractivity contribution in [1.29, 1.82) is 0 Å². The number of hydrogen-bond donors (Lipinski definition) is 2. The predicted octanol–water partition coefficient (Wildman–Crippen LogP) is 6.33. The lowest BCUT2D eigenvalue weighted by Gasteiger charge is -2.11. The molecule has 30 heavy (non-hydrogen) atoms.